The van der Waals surface area contributed by atoms with Crippen molar-refractivity contribution in [2.24, 2.45) is 0 Å². The molecule has 1 aliphatic heterocycles. The predicted octanol–water partition coefficient (Wildman–Crippen LogP) is 2.10. The van der Waals surface area contributed by atoms with Crippen LogP contribution in [0.2, 0.25) is 0 Å². The van der Waals surface area contributed by atoms with Crippen molar-refractivity contribution in [1.82, 2.24) is 14.9 Å². The molecule has 1 aliphatic rings. The van der Waals surface area contributed by atoms with E-state index in [9.17, 15) is 10.1 Å². The topological polar surface area (TPSA) is 82.4 Å². The van der Waals surface area contributed by atoms with Crippen LogP contribution in [0, 0.1) is 11.3 Å². The summed E-state index contributed by atoms with van der Waals surface area (Å²) in [4.78, 5) is 25.3. The van der Waals surface area contributed by atoms with Crippen LogP contribution in [0.5, 0.6) is 5.88 Å². The van der Waals surface area contributed by atoms with Gasteiger partial charge in [0.1, 0.15) is 0 Å². The van der Waals surface area contributed by atoms with E-state index in [-0.39, 0.29) is 5.91 Å². The third-order valence-electron chi connectivity index (χ3n) is 4.20. The van der Waals surface area contributed by atoms with Crippen LogP contribution in [0.15, 0.2) is 36.5 Å². The number of anilines is 1. The standard InChI is InChI=1S/C19H21N5O2/c1-2-13-26-17-7-8-21-19(22-17)24-11-9-23(10-12-24)18(25)16-6-4-3-5-15(16)14-20/h3-8H,2,9-13H2,1H3. The van der Waals surface area contributed by atoms with E-state index in [1.54, 1.807) is 41.4 Å². The Balaban J connectivity index is 1.64. The lowest BCUT2D eigenvalue weighted by atomic mass is 10.1. The molecule has 0 spiro atoms. The van der Waals surface area contributed by atoms with Crippen molar-refractivity contribution < 1.29 is 9.53 Å². The van der Waals surface area contributed by atoms with Crippen molar-refractivity contribution in [3.05, 3.63) is 47.7 Å². The van der Waals surface area contributed by atoms with Crippen molar-refractivity contribution in [2.75, 3.05) is 37.7 Å². The second-order valence-electron chi connectivity index (χ2n) is 5.98. The maximum Gasteiger partial charge on any atom is 0.255 e. The number of nitriles is 1. The maximum absolute atomic E-state index is 12.7. The Morgan fingerprint density at radius 2 is 2.00 bits per heavy atom. The van der Waals surface area contributed by atoms with Crippen LogP contribution in [-0.2, 0) is 0 Å². The molecule has 1 amide bonds. The molecule has 1 aromatic heterocycles. The summed E-state index contributed by atoms with van der Waals surface area (Å²) in [6.07, 6.45) is 2.61. The van der Waals surface area contributed by atoms with E-state index >= 15 is 0 Å². The molecule has 1 aromatic carbocycles. The molecule has 7 nitrogen and oxygen atoms in total. The fourth-order valence-electron chi connectivity index (χ4n) is 2.82. The zero-order chi connectivity index (χ0) is 18.4. The van der Waals surface area contributed by atoms with Crippen molar-refractivity contribution in [3.8, 4) is 11.9 Å². The van der Waals surface area contributed by atoms with Gasteiger partial charge in [0, 0.05) is 38.4 Å². The van der Waals surface area contributed by atoms with Gasteiger partial charge in [0.2, 0.25) is 11.8 Å². The van der Waals surface area contributed by atoms with Gasteiger partial charge in [-0.05, 0) is 18.6 Å². The van der Waals surface area contributed by atoms with Gasteiger partial charge in [-0.1, -0.05) is 19.1 Å². The molecule has 0 N–H and O–H groups in total. The molecule has 1 saturated heterocycles. The van der Waals surface area contributed by atoms with E-state index in [2.05, 4.69) is 16.0 Å². The van der Waals surface area contributed by atoms with E-state index in [1.165, 1.54) is 0 Å². The van der Waals surface area contributed by atoms with Gasteiger partial charge in [0.15, 0.2) is 0 Å². The van der Waals surface area contributed by atoms with E-state index in [0.717, 1.165) is 6.42 Å². The van der Waals surface area contributed by atoms with Crippen LogP contribution in [-0.4, -0.2) is 53.6 Å². The number of rotatable bonds is 5. The van der Waals surface area contributed by atoms with Crippen LogP contribution in [0.25, 0.3) is 0 Å². The third kappa shape index (κ3) is 3.91. The number of hydrogen-bond acceptors (Lipinski definition) is 6. The van der Waals surface area contributed by atoms with Crippen LogP contribution in [0.3, 0.4) is 0 Å². The Kier molecular flexibility index (Phi) is 5.64. The molecule has 0 bridgehead atoms. The minimum absolute atomic E-state index is 0.109. The number of nitrogens with zero attached hydrogens (tertiary/aromatic N) is 5. The number of carbonyl (C=O) groups is 1. The second kappa shape index (κ2) is 8.30. The van der Waals surface area contributed by atoms with Gasteiger partial charge in [0.05, 0.1) is 23.8 Å². The molecule has 0 atom stereocenters. The summed E-state index contributed by atoms with van der Waals surface area (Å²) in [6, 6.07) is 10.7. The average molecular weight is 351 g/mol. The largest absolute Gasteiger partial charge is 0.478 e. The van der Waals surface area contributed by atoms with Crippen molar-refractivity contribution in [1.29, 1.82) is 5.26 Å². The molecule has 0 radical (unpaired) electrons. The monoisotopic (exact) mass is 351 g/mol. The maximum atomic E-state index is 12.7. The first-order chi connectivity index (χ1) is 12.7. The Bertz CT molecular complexity index is 810. The van der Waals surface area contributed by atoms with Crippen molar-refractivity contribution in [3.63, 3.8) is 0 Å². The van der Waals surface area contributed by atoms with Crippen molar-refractivity contribution in [2.45, 2.75) is 13.3 Å². The second-order valence-corrected chi connectivity index (χ2v) is 5.98. The van der Waals surface area contributed by atoms with Gasteiger partial charge in [-0.3, -0.25) is 4.79 Å². The van der Waals surface area contributed by atoms with E-state index in [0.29, 0.717) is 55.7 Å². The predicted molar refractivity (Wildman–Crippen MR) is 97.1 cm³/mol. The third-order valence-corrected chi connectivity index (χ3v) is 4.20. The number of amides is 1. The van der Waals surface area contributed by atoms with Crippen LogP contribution in [0.1, 0.15) is 29.3 Å². The summed E-state index contributed by atoms with van der Waals surface area (Å²) in [5, 5.41) is 9.19. The SMILES string of the molecule is CCCOc1ccnc(N2CCN(C(=O)c3ccccc3C#N)CC2)n1. The minimum atomic E-state index is -0.109. The number of benzene rings is 1. The number of ether oxygens (including phenoxy) is 1. The van der Waals surface area contributed by atoms with Gasteiger partial charge in [0.25, 0.3) is 5.91 Å². The number of aromatic nitrogens is 2. The first-order valence-electron chi connectivity index (χ1n) is 8.72. The highest BCUT2D eigenvalue weighted by molar-refractivity contribution is 5.96. The Labute approximate surface area is 152 Å². The smallest absolute Gasteiger partial charge is 0.255 e. The number of hydrogen-bond donors (Lipinski definition) is 0. The van der Waals surface area contributed by atoms with Gasteiger partial charge >= 0.3 is 0 Å². The average Bonchev–Trinajstić information content (AvgIpc) is 2.72. The number of carbonyl (C=O) groups excluding carboxylic acids is 1. The van der Waals surface area contributed by atoms with Crippen LogP contribution >= 0.6 is 0 Å². The fraction of sp³-hybridized carbons (Fsp3) is 0.368. The van der Waals surface area contributed by atoms with Crippen LogP contribution in [0.4, 0.5) is 5.95 Å². The van der Waals surface area contributed by atoms with Gasteiger partial charge in [-0.15, -0.1) is 0 Å². The zero-order valence-corrected chi connectivity index (χ0v) is 14.8. The lowest BCUT2D eigenvalue weighted by molar-refractivity contribution is 0.0746. The summed E-state index contributed by atoms with van der Waals surface area (Å²) < 4.78 is 5.56. The molecule has 3 rings (SSSR count). The highest BCUT2D eigenvalue weighted by Gasteiger charge is 2.25. The summed E-state index contributed by atoms with van der Waals surface area (Å²) in [5.74, 6) is 1.07. The summed E-state index contributed by atoms with van der Waals surface area (Å²) in [5.41, 5.74) is 0.860. The van der Waals surface area contributed by atoms with E-state index < -0.39 is 0 Å². The molecule has 2 aromatic rings. The molecule has 0 aliphatic carbocycles. The van der Waals surface area contributed by atoms with E-state index in [4.69, 9.17) is 4.74 Å². The molecule has 0 unspecified atom stereocenters. The molecular weight excluding hydrogens is 330 g/mol. The summed E-state index contributed by atoms with van der Waals surface area (Å²) >= 11 is 0. The molecule has 0 saturated carbocycles. The highest BCUT2D eigenvalue weighted by Crippen LogP contribution is 2.17. The Morgan fingerprint density at radius 3 is 2.73 bits per heavy atom. The summed E-state index contributed by atoms with van der Waals surface area (Å²) in [7, 11) is 0. The van der Waals surface area contributed by atoms with Gasteiger partial charge in [-0.2, -0.15) is 10.2 Å². The normalized spacial score (nSPS) is 14.0. The highest BCUT2D eigenvalue weighted by atomic mass is 16.5. The zero-order valence-electron chi connectivity index (χ0n) is 14.8. The molecular formula is C19H21N5O2. The lowest BCUT2D eigenvalue weighted by Gasteiger charge is -2.34. The first-order valence-corrected chi connectivity index (χ1v) is 8.72. The Morgan fingerprint density at radius 1 is 1.23 bits per heavy atom. The van der Waals surface area contributed by atoms with Crippen molar-refractivity contribution >= 4 is 11.9 Å². The Hall–Kier alpha value is -3.14. The lowest BCUT2D eigenvalue weighted by Crippen LogP contribution is -2.49. The first kappa shape index (κ1) is 17.7. The fourth-order valence-corrected chi connectivity index (χ4v) is 2.82. The molecule has 134 valence electrons. The summed E-state index contributed by atoms with van der Waals surface area (Å²) in [6.45, 7) is 5.05. The molecule has 1 fully saturated rings. The quantitative estimate of drug-likeness (QED) is 0.820. The van der Waals surface area contributed by atoms with Gasteiger partial charge in [-0.25, -0.2) is 4.98 Å². The molecule has 7 heteroatoms. The number of piperazine rings is 1. The molecule has 26 heavy (non-hydrogen) atoms. The molecule has 2 heterocycles. The van der Waals surface area contributed by atoms with Crippen LogP contribution < -0.4 is 9.64 Å². The van der Waals surface area contributed by atoms with E-state index in [1.807, 2.05) is 11.8 Å². The van der Waals surface area contributed by atoms with Gasteiger partial charge < -0.3 is 14.5 Å². The minimum Gasteiger partial charge on any atom is -0.478 e.